The van der Waals surface area contributed by atoms with Gasteiger partial charge in [-0.05, 0) is 42.7 Å². The molecule has 1 heterocycles. The van der Waals surface area contributed by atoms with Crippen molar-refractivity contribution >= 4 is 28.5 Å². The van der Waals surface area contributed by atoms with Gasteiger partial charge in [0, 0.05) is 29.6 Å². The molecule has 1 amide bonds. The van der Waals surface area contributed by atoms with Gasteiger partial charge in [0.1, 0.15) is 5.58 Å². The fraction of sp³-hybridized carbons (Fsp3) is 0.250. The number of amides is 1. The molecule has 3 nitrogen and oxygen atoms in total. The molecule has 0 aliphatic rings. The molecule has 0 atom stereocenters. The van der Waals surface area contributed by atoms with Crippen LogP contribution in [0.4, 0.5) is 0 Å². The molecule has 0 aliphatic carbocycles. The largest absolute Gasteiger partial charge is 0.464 e. The van der Waals surface area contributed by atoms with Crippen molar-refractivity contribution in [2.45, 2.75) is 26.8 Å². The first-order valence-electron chi connectivity index (χ1n) is 7.90. The van der Waals surface area contributed by atoms with Gasteiger partial charge in [0.05, 0.1) is 12.7 Å². The van der Waals surface area contributed by atoms with Crippen molar-refractivity contribution in [1.29, 1.82) is 0 Å². The number of carbonyl (C=O) groups excluding carboxylic acids is 1. The van der Waals surface area contributed by atoms with Gasteiger partial charge in [0.2, 0.25) is 5.91 Å². The lowest BCUT2D eigenvalue weighted by molar-refractivity contribution is -0.129. The highest BCUT2D eigenvalue weighted by molar-refractivity contribution is 6.30. The van der Waals surface area contributed by atoms with Gasteiger partial charge in [-0.15, -0.1) is 0 Å². The molecule has 3 aromatic rings. The summed E-state index contributed by atoms with van der Waals surface area (Å²) in [5.41, 5.74) is 5.12. The number of hydrogen-bond donors (Lipinski definition) is 0. The number of benzene rings is 2. The predicted octanol–water partition coefficient (Wildman–Crippen LogP) is 4.90. The van der Waals surface area contributed by atoms with E-state index in [1.54, 1.807) is 18.2 Å². The first-order chi connectivity index (χ1) is 11.5. The lowest BCUT2D eigenvalue weighted by atomic mass is 10.0. The molecular weight excluding hydrogens is 322 g/mol. The fourth-order valence-electron chi connectivity index (χ4n) is 2.82. The van der Waals surface area contributed by atoms with Gasteiger partial charge in [-0.1, -0.05) is 35.9 Å². The summed E-state index contributed by atoms with van der Waals surface area (Å²) in [6.45, 7) is 4.63. The maximum atomic E-state index is 12.5. The molecular formula is C20H20ClNO2. The Morgan fingerprint density at radius 1 is 1.21 bits per heavy atom. The van der Waals surface area contributed by atoms with Gasteiger partial charge in [0.25, 0.3) is 0 Å². The lowest BCUT2D eigenvalue weighted by Gasteiger charge is -2.17. The highest BCUT2D eigenvalue weighted by Gasteiger charge is 2.15. The first kappa shape index (κ1) is 16.6. The summed E-state index contributed by atoms with van der Waals surface area (Å²) < 4.78 is 5.69. The van der Waals surface area contributed by atoms with Crippen molar-refractivity contribution in [3.63, 3.8) is 0 Å². The third-order valence-corrected chi connectivity index (χ3v) is 4.65. The normalized spacial score (nSPS) is 11.0. The van der Waals surface area contributed by atoms with Gasteiger partial charge in [-0.25, -0.2) is 0 Å². The second-order valence-corrected chi connectivity index (χ2v) is 6.64. The second-order valence-electron chi connectivity index (χ2n) is 6.20. The van der Waals surface area contributed by atoms with Gasteiger partial charge >= 0.3 is 0 Å². The van der Waals surface area contributed by atoms with Crippen LogP contribution in [-0.4, -0.2) is 17.9 Å². The summed E-state index contributed by atoms with van der Waals surface area (Å²) in [4.78, 5) is 14.3. The monoisotopic (exact) mass is 341 g/mol. The number of rotatable bonds is 4. The number of likely N-dealkylation sites (N-methyl/N-ethyl adjacent to an activating group) is 1. The van der Waals surface area contributed by atoms with Crippen molar-refractivity contribution < 1.29 is 9.21 Å². The number of fused-ring (bicyclic) bond motifs is 1. The Morgan fingerprint density at radius 2 is 2.00 bits per heavy atom. The van der Waals surface area contributed by atoms with Crippen molar-refractivity contribution in [2.24, 2.45) is 0 Å². The number of aryl methyl sites for hydroxylation is 2. The third-order valence-electron chi connectivity index (χ3n) is 4.42. The number of carbonyl (C=O) groups is 1. The van der Waals surface area contributed by atoms with E-state index < -0.39 is 0 Å². The van der Waals surface area contributed by atoms with Crippen LogP contribution in [0.3, 0.4) is 0 Å². The van der Waals surface area contributed by atoms with Crippen LogP contribution in [0.1, 0.15) is 22.3 Å². The molecule has 124 valence electrons. The lowest BCUT2D eigenvalue weighted by Crippen LogP contribution is -2.27. The highest BCUT2D eigenvalue weighted by atomic mass is 35.5. The van der Waals surface area contributed by atoms with Gasteiger partial charge < -0.3 is 9.32 Å². The molecule has 0 saturated carbocycles. The Kier molecular flexibility index (Phi) is 4.63. The van der Waals surface area contributed by atoms with Crippen LogP contribution in [-0.2, 0) is 17.8 Å². The van der Waals surface area contributed by atoms with E-state index in [0.29, 0.717) is 18.0 Å². The van der Waals surface area contributed by atoms with Gasteiger partial charge in [0.15, 0.2) is 0 Å². The quantitative estimate of drug-likeness (QED) is 0.676. The van der Waals surface area contributed by atoms with Crippen LogP contribution in [0.2, 0.25) is 5.02 Å². The molecule has 24 heavy (non-hydrogen) atoms. The zero-order chi connectivity index (χ0) is 17.3. The molecule has 0 spiro atoms. The zero-order valence-corrected chi connectivity index (χ0v) is 14.9. The van der Waals surface area contributed by atoms with E-state index in [1.807, 2.05) is 37.3 Å². The van der Waals surface area contributed by atoms with E-state index in [-0.39, 0.29) is 5.91 Å². The Morgan fingerprint density at radius 3 is 2.75 bits per heavy atom. The highest BCUT2D eigenvalue weighted by Crippen LogP contribution is 2.27. The Hall–Kier alpha value is -2.26. The predicted molar refractivity (Wildman–Crippen MR) is 97.3 cm³/mol. The summed E-state index contributed by atoms with van der Waals surface area (Å²) in [5.74, 6) is 0.0518. The molecule has 0 aliphatic heterocycles. The van der Waals surface area contributed by atoms with Gasteiger partial charge in [-0.3, -0.25) is 4.79 Å². The van der Waals surface area contributed by atoms with Crippen LogP contribution < -0.4 is 0 Å². The van der Waals surface area contributed by atoms with E-state index in [1.165, 1.54) is 5.56 Å². The molecule has 4 heteroatoms. The van der Waals surface area contributed by atoms with E-state index in [0.717, 1.165) is 27.7 Å². The summed E-state index contributed by atoms with van der Waals surface area (Å²) in [6.07, 6.45) is 2.02. The molecule has 3 rings (SSSR count). The minimum absolute atomic E-state index is 0.0518. The van der Waals surface area contributed by atoms with E-state index in [9.17, 15) is 4.79 Å². The Labute approximate surface area is 146 Å². The topological polar surface area (TPSA) is 33.5 Å². The van der Waals surface area contributed by atoms with E-state index in [2.05, 4.69) is 13.0 Å². The van der Waals surface area contributed by atoms with E-state index >= 15 is 0 Å². The minimum atomic E-state index is 0.0518. The smallest absolute Gasteiger partial charge is 0.227 e. The van der Waals surface area contributed by atoms with Crippen LogP contribution in [0.5, 0.6) is 0 Å². The summed E-state index contributed by atoms with van der Waals surface area (Å²) in [5, 5.41) is 1.70. The molecule has 0 fully saturated rings. The maximum Gasteiger partial charge on any atom is 0.227 e. The minimum Gasteiger partial charge on any atom is -0.464 e. The number of hydrogen-bond acceptors (Lipinski definition) is 2. The number of halogens is 1. The fourth-order valence-corrected chi connectivity index (χ4v) is 3.03. The van der Waals surface area contributed by atoms with Crippen molar-refractivity contribution in [1.82, 2.24) is 4.90 Å². The van der Waals surface area contributed by atoms with Crippen LogP contribution in [0.25, 0.3) is 11.0 Å². The molecule has 0 radical (unpaired) electrons. The average molecular weight is 342 g/mol. The molecule has 2 aromatic carbocycles. The standard InChI is InChI=1S/C20H20ClNO2/c1-13-7-8-18-16(12-24-20(18)14(13)2)10-19(23)22(3)11-15-5-4-6-17(21)9-15/h4-9,12H,10-11H2,1-3H3. The summed E-state index contributed by atoms with van der Waals surface area (Å²) in [6, 6.07) is 11.7. The Balaban J connectivity index is 1.76. The Bertz CT molecular complexity index is 898. The molecule has 1 aromatic heterocycles. The van der Waals surface area contributed by atoms with E-state index in [4.69, 9.17) is 16.0 Å². The number of nitrogens with zero attached hydrogens (tertiary/aromatic N) is 1. The molecule has 0 saturated heterocycles. The average Bonchev–Trinajstić information content (AvgIpc) is 2.94. The van der Waals surface area contributed by atoms with Gasteiger partial charge in [-0.2, -0.15) is 0 Å². The SMILES string of the molecule is Cc1ccc2c(CC(=O)N(C)Cc3cccc(Cl)c3)coc2c1C. The van der Waals surface area contributed by atoms with Crippen molar-refractivity contribution in [3.8, 4) is 0 Å². The van der Waals surface area contributed by atoms with Crippen LogP contribution in [0, 0.1) is 13.8 Å². The van der Waals surface area contributed by atoms with Crippen LogP contribution >= 0.6 is 11.6 Å². The molecule has 0 unspecified atom stereocenters. The summed E-state index contributed by atoms with van der Waals surface area (Å²) in [7, 11) is 1.81. The maximum absolute atomic E-state index is 12.5. The van der Waals surface area contributed by atoms with Crippen LogP contribution in [0.15, 0.2) is 47.1 Å². The second kappa shape index (κ2) is 6.70. The molecule has 0 bridgehead atoms. The first-order valence-corrected chi connectivity index (χ1v) is 8.28. The third kappa shape index (κ3) is 3.31. The number of furan rings is 1. The van der Waals surface area contributed by atoms with Crippen molar-refractivity contribution in [3.05, 3.63) is 69.9 Å². The van der Waals surface area contributed by atoms with Crippen molar-refractivity contribution in [2.75, 3.05) is 7.05 Å². The molecule has 0 N–H and O–H groups in total. The zero-order valence-electron chi connectivity index (χ0n) is 14.1. The summed E-state index contributed by atoms with van der Waals surface area (Å²) >= 11 is 6.00.